The van der Waals surface area contributed by atoms with Crippen molar-refractivity contribution in [3.05, 3.63) is 51.9 Å². The number of thiophene rings is 1. The van der Waals surface area contributed by atoms with Gasteiger partial charge in [-0.1, -0.05) is 0 Å². The number of amides is 1. The third kappa shape index (κ3) is 5.28. The molecule has 1 amide bonds. The van der Waals surface area contributed by atoms with Crippen LogP contribution in [0.25, 0.3) is 10.6 Å². The number of phenols is 1. The van der Waals surface area contributed by atoms with Crippen LogP contribution in [0.15, 0.2) is 46.4 Å². The molecule has 28 heavy (non-hydrogen) atoms. The summed E-state index contributed by atoms with van der Waals surface area (Å²) in [6.45, 7) is 1.20. The first-order valence-electron chi connectivity index (χ1n) is 8.54. The molecule has 9 heteroatoms. The largest absolute Gasteiger partial charge is 0.507 e. The summed E-state index contributed by atoms with van der Waals surface area (Å²) in [7, 11) is 3.86. The second-order valence-electron chi connectivity index (χ2n) is 6.29. The molecule has 0 aliphatic heterocycles. The Labute approximate surface area is 175 Å². The van der Waals surface area contributed by atoms with Crippen LogP contribution in [0.2, 0.25) is 0 Å². The van der Waals surface area contributed by atoms with Crippen molar-refractivity contribution in [1.82, 2.24) is 20.2 Å². The van der Waals surface area contributed by atoms with Crippen molar-refractivity contribution in [2.45, 2.75) is 0 Å². The molecule has 7 nitrogen and oxygen atoms in total. The lowest BCUT2D eigenvalue weighted by Crippen LogP contribution is -2.31. The Hall–Kier alpha value is -2.49. The first kappa shape index (κ1) is 20.2. The Bertz CT molecular complexity index is 976. The fourth-order valence-corrected chi connectivity index (χ4v) is 3.78. The summed E-state index contributed by atoms with van der Waals surface area (Å²) in [5, 5.41) is 15.9. The average molecular weight is 462 g/mol. The van der Waals surface area contributed by atoms with E-state index in [0.29, 0.717) is 24.7 Å². The zero-order valence-corrected chi connectivity index (χ0v) is 17.8. The smallest absolute Gasteiger partial charge is 0.255 e. The van der Waals surface area contributed by atoms with E-state index in [0.717, 1.165) is 14.4 Å². The topological polar surface area (TPSA) is 90.4 Å². The molecule has 2 aromatic heterocycles. The van der Waals surface area contributed by atoms with Gasteiger partial charge in [0.25, 0.3) is 5.91 Å². The van der Waals surface area contributed by atoms with Crippen LogP contribution in [-0.4, -0.2) is 53.1 Å². The third-order valence-corrected chi connectivity index (χ3v) is 5.47. The highest BCUT2D eigenvalue weighted by molar-refractivity contribution is 9.11. The Morgan fingerprint density at radius 2 is 2.07 bits per heavy atom. The van der Waals surface area contributed by atoms with Crippen LogP contribution in [0.5, 0.6) is 5.75 Å². The second kappa shape index (κ2) is 9.13. The minimum absolute atomic E-state index is 0.0778. The molecule has 0 fully saturated rings. The van der Waals surface area contributed by atoms with Gasteiger partial charge in [-0.05, 0) is 66.4 Å². The number of likely N-dealkylation sites (N-methyl/N-ethyl adjacent to an activating group) is 1. The minimum Gasteiger partial charge on any atom is -0.507 e. The van der Waals surface area contributed by atoms with Gasteiger partial charge in [-0.2, -0.15) is 0 Å². The van der Waals surface area contributed by atoms with Crippen molar-refractivity contribution >= 4 is 44.8 Å². The number of aromatic hydroxyl groups is 1. The highest BCUT2D eigenvalue weighted by Crippen LogP contribution is 2.30. The molecule has 1 aromatic carbocycles. The van der Waals surface area contributed by atoms with Crippen LogP contribution < -0.4 is 10.6 Å². The van der Waals surface area contributed by atoms with Crippen LogP contribution in [0.3, 0.4) is 0 Å². The number of benzene rings is 1. The lowest BCUT2D eigenvalue weighted by atomic mass is 10.1. The standard InChI is InChI=1S/C19H20BrN5O2S/c1-25(2)10-9-21-18(27)13-11-12(3-4-15(13)26)23-19-22-8-7-14(24-19)16-5-6-17(20)28-16/h3-8,11,26H,9-10H2,1-2H3,(H,21,27)(H,22,23,24). The molecule has 0 unspecified atom stereocenters. The fourth-order valence-electron chi connectivity index (χ4n) is 2.42. The van der Waals surface area contributed by atoms with Gasteiger partial charge in [-0.25, -0.2) is 9.97 Å². The third-order valence-electron chi connectivity index (χ3n) is 3.82. The fraction of sp³-hybridized carbons (Fsp3) is 0.211. The Morgan fingerprint density at radius 3 is 2.79 bits per heavy atom. The SMILES string of the molecule is CN(C)CCNC(=O)c1cc(Nc2nccc(-c3ccc(Br)s3)n2)ccc1O. The van der Waals surface area contributed by atoms with E-state index >= 15 is 0 Å². The zero-order chi connectivity index (χ0) is 20.1. The predicted molar refractivity (Wildman–Crippen MR) is 115 cm³/mol. The Morgan fingerprint density at radius 1 is 1.25 bits per heavy atom. The molecule has 0 spiro atoms. The molecule has 0 aliphatic rings. The van der Waals surface area contributed by atoms with E-state index in [4.69, 9.17) is 0 Å². The maximum Gasteiger partial charge on any atom is 0.255 e. The van der Waals surface area contributed by atoms with E-state index in [2.05, 4.69) is 36.5 Å². The van der Waals surface area contributed by atoms with E-state index in [-0.39, 0.29) is 17.2 Å². The number of hydrogen-bond acceptors (Lipinski definition) is 7. The van der Waals surface area contributed by atoms with Crippen molar-refractivity contribution in [3.8, 4) is 16.3 Å². The molecular weight excluding hydrogens is 442 g/mol. The highest BCUT2D eigenvalue weighted by atomic mass is 79.9. The van der Waals surface area contributed by atoms with Crippen molar-refractivity contribution in [3.63, 3.8) is 0 Å². The first-order chi connectivity index (χ1) is 13.4. The molecular formula is C19H20BrN5O2S. The molecule has 0 bridgehead atoms. The lowest BCUT2D eigenvalue weighted by Gasteiger charge is -2.12. The van der Waals surface area contributed by atoms with E-state index in [1.54, 1.807) is 29.7 Å². The van der Waals surface area contributed by atoms with Gasteiger partial charge in [0.05, 0.1) is 19.9 Å². The van der Waals surface area contributed by atoms with Gasteiger partial charge >= 0.3 is 0 Å². The summed E-state index contributed by atoms with van der Waals surface area (Å²) in [5.41, 5.74) is 1.61. The molecule has 2 heterocycles. The maximum atomic E-state index is 12.3. The summed E-state index contributed by atoms with van der Waals surface area (Å²) >= 11 is 5.03. The number of carbonyl (C=O) groups is 1. The van der Waals surface area contributed by atoms with Gasteiger partial charge in [-0.3, -0.25) is 4.79 Å². The molecule has 0 aliphatic carbocycles. The summed E-state index contributed by atoms with van der Waals surface area (Å²) in [6, 6.07) is 10.5. The normalized spacial score (nSPS) is 10.9. The number of nitrogens with zero attached hydrogens (tertiary/aromatic N) is 3. The van der Waals surface area contributed by atoms with Gasteiger partial charge in [-0.15, -0.1) is 11.3 Å². The van der Waals surface area contributed by atoms with Crippen molar-refractivity contribution in [1.29, 1.82) is 0 Å². The van der Waals surface area contributed by atoms with Gasteiger partial charge in [0.15, 0.2) is 0 Å². The first-order valence-corrected chi connectivity index (χ1v) is 10.1. The van der Waals surface area contributed by atoms with Gasteiger partial charge in [0.2, 0.25) is 5.95 Å². The molecule has 3 N–H and O–H groups in total. The van der Waals surface area contributed by atoms with Gasteiger partial charge in [0, 0.05) is 25.0 Å². The van der Waals surface area contributed by atoms with E-state index in [1.807, 2.05) is 37.2 Å². The van der Waals surface area contributed by atoms with Crippen molar-refractivity contribution < 1.29 is 9.90 Å². The van der Waals surface area contributed by atoms with Crippen LogP contribution in [0, 0.1) is 0 Å². The summed E-state index contributed by atoms with van der Waals surface area (Å²) in [5.74, 6) is -0.00112. The monoisotopic (exact) mass is 461 g/mol. The molecule has 3 aromatic rings. The van der Waals surface area contributed by atoms with Gasteiger partial charge in [0.1, 0.15) is 5.75 Å². The molecule has 3 rings (SSSR count). The van der Waals surface area contributed by atoms with Crippen molar-refractivity contribution in [2.75, 3.05) is 32.5 Å². The number of halogens is 1. The van der Waals surface area contributed by atoms with Crippen LogP contribution in [0.1, 0.15) is 10.4 Å². The van der Waals surface area contributed by atoms with E-state index in [1.165, 1.54) is 6.07 Å². The summed E-state index contributed by atoms with van der Waals surface area (Å²) in [4.78, 5) is 24.1. The maximum absolute atomic E-state index is 12.3. The van der Waals surface area contributed by atoms with Crippen LogP contribution in [-0.2, 0) is 0 Å². The predicted octanol–water partition coefficient (Wildman–Crippen LogP) is 3.71. The minimum atomic E-state index is -0.332. The number of anilines is 2. The summed E-state index contributed by atoms with van der Waals surface area (Å²) < 4.78 is 1.03. The average Bonchev–Trinajstić information content (AvgIpc) is 3.09. The molecule has 0 radical (unpaired) electrons. The quantitative estimate of drug-likeness (QED) is 0.464. The lowest BCUT2D eigenvalue weighted by molar-refractivity contribution is 0.0948. The molecule has 0 saturated heterocycles. The number of nitrogens with one attached hydrogen (secondary N) is 2. The zero-order valence-electron chi connectivity index (χ0n) is 15.4. The highest BCUT2D eigenvalue weighted by Gasteiger charge is 2.13. The molecule has 146 valence electrons. The Balaban J connectivity index is 1.75. The number of aromatic nitrogens is 2. The summed E-state index contributed by atoms with van der Waals surface area (Å²) in [6.07, 6.45) is 1.67. The van der Waals surface area contributed by atoms with Crippen LogP contribution in [0.4, 0.5) is 11.6 Å². The number of rotatable bonds is 7. The van der Waals surface area contributed by atoms with E-state index < -0.39 is 0 Å². The molecule has 0 saturated carbocycles. The second-order valence-corrected chi connectivity index (χ2v) is 8.75. The van der Waals surface area contributed by atoms with Crippen molar-refractivity contribution in [2.24, 2.45) is 0 Å². The Kier molecular flexibility index (Phi) is 6.61. The van der Waals surface area contributed by atoms with E-state index in [9.17, 15) is 9.90 Å². The molecule has 0 atom stereocenters. The number of hydrogen-bond donors (Lipinski definition) is 3. The number of carbonyl (C=O) groups excluding carboxylic acids is 1. The van der Waals surface area contributed by atoms with Crippen LogP contribution >= 0.6 is 27.3 Å². The number of phenolic OH excluding ortho intramolecular Hbond substituents is 1. The van der Waals surface area contributed by atoms with Gasteiger partial charge < -0.3 is 20.6 Å².